The summed E-state index contributed by atoms with van der Waals surface area (Å²) in [4.78, 5) is 19.6. The van der Waals surface area contributed by atoms with E-state index < -0.39 is 0 Å². The maximum atomic E-state index is 13.8. The van der Waals surface area contributed by atoms with Crippen LogP contribution >= 0.6 is 0 Å². The van der Waals surface area contributed by atoms with Crippen LogP contribution in [-0.2, 0) is 6.54 Å². The molecule has 0 radical (unpaired) electrons. The highest BCUT2D eigenvalue weighted by atomic mass is 19.1. The van der Waals surface area contributed by atoms with Crippen LogP contribution in [0.1, 0.15) is 23.3 Å². The lowest BCUT2D eigenvalue weighted by molar-refractivity contribution is 0.0694. The van der Waals surface area contributed by atoms with Gasteiger partial charge >= 0.3 is 0 Å². The van der Waals surface area contributed by atoms with Crippen LogP contribution < -0.4 is 0 Å². The summed E-state index contributed by atoms with van der Waals surface area (Å²) in [6, 6.07) is 10.6. The van der Waals surface area contributed by atoms with E-state index in [1.165, 1.54) is 12.1 Å². The van der Waals surface area contributed by atoms with Crippen molar-refractivity contribution in [3.05, 3.63) is 54.1 Å². The van der Waals surface area contributed by atoms with Crippen LogP contribution in [0.15, 0.2) is 42.6 Å². The maximum absolute atomic E-state index is 13.8. The Bertz CT molecular complexity index is 974. The second-order valence-electron chi connectivity index (χ2n) is 6.49. The van der Waals surface area contributed by atoms with Gasteiger partial charge in [0.1, 0.15) is 11.5 Å². The molecule has 2 aliphatic rings. The number of hydrogen-bond donors (Lipinski definition) is 0. The Kier molecular flexibility index (Phi) is 2.80. The van der Waals surface area contributed by atoms with Crippen LogP contribution in [0.4, 0.5) is 4.39 Å². The molecule has 24 heavy (non-hydrogen) atoms. The van der Waals surface area contributed by atoms with Crippen molar-refractivity contribution in [1.82, 2.24) is 14.5 Å². The highest BCUT2D eigenvalue weighted by Crippen LogP contribution is 2.38. The zero-order valence-corrected chi connectivity index (χ0v) is 13.1. The number of rotatable bonds is 2. The van der Waals surface area contributed by atoms with E-state index in [2.05, 4.69) is 4.98 Å². The third kappa shape index (κ3) is 1.90. The topological polar surface area (TPSA) is 38.1 Å². The van der Waals surface area contributed by atoms with E-state index in [-0.39, 0.29) is 11.7 Å². The van der Waals surface area contributed by atoms with Gasteiger partial charge in [-0.2, -0.15) is 0 Å². The van der Waals surface area contributed by atoms with Gasteiger partial charge in [-0.25, -0.2) is 4.39 Å². The quantitative estimate of drug-likeness (QED) is 0.725. The lowest BCUT2D eigenvalue weighted by Gasteiger charge is -2.29. The minimum Gasteiger partial charge on any atom is -0.333 e. The zero-order chi connectivity index (χ0) is 16.3. The van der Waals surface area contributed by atoms with Gasteiger partial charge in [0, 0.05) is 30.9 Å². The molecule has 0 saturated heterocycles. The number of carbonyl (C=O) groups is 1. The Morgan fingerprint density at radius 1 is 1.12 bits per heavy atom. The Balaban J connectivity index is 1.81. The first-order valence-corrected chi connectivity index (χ1v) is 8.28. The van der Waals surface area contributed by atoms with Crippen molar-refractivity contribution in [2.75, 3.05) is 6.54 Å². The van der Waals surface area contributed by atoms with Gasteiger partial charge in [-0.15, -0.1) is 0 Å². The minimum atomic E-state index is -0.307. The summed E-state index contributed by atoms with van der Waals surface area (Å²) >= 11 is 0. The van der Waals surface area contributed by atoms with Gasteiger partial charge in [-0.05, 0) is 42.7 Å². The number of fused-ring (bicyclic) bond motifs is 3. The van der Waals surface area contributed by atoms with Crippen molar-refractivity contribution < 1.29 is 9.18 Å². The fourth-order valence-corrected chi connectivity index (χ4v) is 3.73. The molecule has 0 N–H and O–H groups in total. The molecule has 1 saturated carbocycles. The summed E-state index contributed by atoms with van der Waals surface area (Å²) in [6.07, 6.45) is 3.89. The van der Waals surface area contributed by atoms with Crippen molar-refractivity contribution >= 4 is 16.9 Å². The number of amides is 1. The molecule has 0 bridgehead atoms. The summed E-state index contributed by atoms with van der Waals surface area (Å²) in [6.45, 7) is 1.49. The molecule has 1 amide bonds. The fraction of sp³-hybridized carbons (Fsp3) is 0.263. The Morgan fingerprint density at radius 3 is 2.79 bits per heavy atom. The van der Waals surface area contributed by atoms with Gasteiger partial charge in [-0.3, -0.25) is 9.78 Å². The Morgan fingerprint density at radius 2 is 2.00 bits per heavy atom. The summed E-state index contributed by atoms with van der Waals surface area (Å²) in [5, 5.41) is 0. The van der Waals surface area contributed by atoms with Crippen molar-refractivity contribution in [3.8, 4) is 11.1 Å². The number of benzene rings is 1. The molecule has 1 aliphatic carbocycles. The van der Waals surface area contributed by atoms with E-state index >= 15 is 0 Å². The largest absolute Gasteiger partial charge is 0.333 e. The predicted molar refractivity (Wildman–Crippen MR) is 89.2 cm³/mol. The molecule has 4 nitrogen and oxygen atoms in total. The van der Waals surface area contributed by atoms with Gasteiger partial charge < -0.3 is 9.47 Å². The normalized spacial score (nSPS) is 17.4. The molecule has 120 valence electrons. The van der Waals surface area contributed by atoms with Gasteiger partial charge in [-0.1, -0.05) is 12.1 Å². The van der Waals surface area contributed by atoms with E-state index in [0.717, 1.165) is 42.5 Å². The van der Waals surface area contributed by atoms with Crippen LogP contribution in [-0.4, -0.2) is 32.9 Å². The zero-order valence-electron chi connectivity index (χ0n) is 13.1. The molecule has 0 unspecified atom stereocenters. The molecular weight excluding hydrogens is 305 g/mol. The van der Waals surface area contributed by atoms with Crippen molar-refractivity contribution in [2.24, 2.45) is 0 Å². The number of aromatic nitrogens is 2. The monoisotopic (exact) mass is 321 g/mol. The molecule has 3 aromatic rings. The van der Waals surface area contributed by atoms with Crippen LogP contribution in [0, 0.1) is 5.82 Å². The molecule has 1 aromatic carbocycles. The summed E-state index contributed by atoms with van der Waals surface area (Å²) in [5.41, 5.74) is 3.81. The maximum Gasteiger partial charge on any atom is 0.271 e. The number of halogens is 1. The first-order chi connectivity index (χ1) is 11.7. The van der Waals surface area contributed by atoms with E-state index in [9.17, 15) is 9.18 Å². The standard InChI is InChI=1S/C19H16FN3O/c20-13-4-1-3-12(11-13)16-17-15(5-2-8-21-17)23-10-9-22(14-6-7-14)19(24)18(16)23/h1-5,8,11,14H,6-7,9-10H2. The molecule has 5 rings (SSSR count). The van der Waals surface area contributed by atoms with Crippen LogP contribution in [0.2, 0.25) is 0 Å². The second-order valence-corrected chi connectivity index (χ2v) is 6.49. The number of hydrogen-bond acceptors (Lipinski definition) is 2. The first-order valence-electron chi connectivity index (χ1n) is 8.28. The fourth-order valence-electron chi connectivity index (χ4n) is 3.73. The average Bonchev–Trinajstić information content (AvgIpc) is 3.37. The number of carbonyl (C=O) groups excluding carboxylic acids is 1. The van der Waals surface area contributed by atoms with Gasteiger partial charge in [0.25, 0.3) is 5.91 Å². The third-order valence-corrected chi connectivity index (χ3v) is 4.95. The van der Waals surface area contributed by atoms with Crippen LogP contribution in [0.25, 0.3) is 22.2 Å². The van der Waals surface area contributed by atoms with Crippen molar-refractivity contribution in [1.29, 1.82) is 0 Å². The molecular formula is C19H16FN3O. The second kappa shape index (κ2) is 4.90. The summed E-state index contributed by atoms with van der Waals surface area (Å²) < 4.78 is 15.8. The smallest absolute Gasteiger partial charge is 0.271 e. The summed E-state index contributed by atoms with van der Waals surface area (Å²) in [7, 11) is 0. The van der Waals surface area contributed by atoms with Gasteiger partial charge in [0.15, 0.2) is 0 Å². The molecule has 1 fully saturated rings. The Hall–Kier alpha value is -2.69. The highest BCUT2D eigenvalue weighted by molar-refractivity contribution is 6.09. The molecule has 0 spiro atoms. The lowest BCUT2D eigenvalue weighted by Crippen LogP contribution is -2.41. The highest BCUT2D eigenvalue weighted by Gasteiger charge is 2.39. The van der Waals surface area contributed by atoms with Gasteiger partial charge in [0.2, 0.25) is 0 Å². The van der Waals surface area contributed by atoms with Crippen LogP contribution in [0.5, 0.6) is 0 Å². The van der Waals surface area contributed by atoms with E-state index in [0.29, 0.717) is 17.3 Å². The molecule has 2 aromatic heterocycles. The molecule has 5 heteroatoms. The molecule has 0 atom stereocenters. The number of nitrogens with zero attached hydrogens (tertiary/aromatic N) is 3. The minimum absolute atomic E-state index is 0.0426. The number of pyridine rings is 1. The van der Waals surface area contributed by atoms with E-state index in [4.69, 9.17) is 0 Å². The van der Waals surface area contributed by atoms with Crippen LogP contribution in [0.3, 0.4) is 0 Å². The van der Waals surface area contributed by atoms with E-state index in [1.807, 2.05) is 27.7 Å². The van der Waals surface area contributed by atoms with Crippen molar-refractivity contribution in [3.63, 3.8) is 0 Å². The third-order valence-electron chi connectivity index (χ3n) is 4.95. The van der Waals surface area contributed by atoms with Gasteiger partial charge in [0.05, 0.1) is 11.0 Å². The van der Waals surface area contributed by atoms with E-state index in [1.54, 1.807) is 12.3 Å². The SMILES string of the molecule is O=C1c2c(-c3cccc(F)c3)c3ncccc3n2CCN1C1CC1. The first kappa shape index (κ1) is 13.7. The lowest BCUT2D eigenvalue weighted by atomic mass is 10.0. The molecule has 1 aliphatic heterocycles. The average molecular weight is 321 g/mol. The summed E-state index contributed by atoms with van der Waals surface area (Å²) in [5.74, 6) is -0.264. The Labute approximate surface area is 138 Å². The molecule has 3 heterocycles. The van der Waals surface area contributed by atoms with Crippen molar-refractivity contribution in [2.45, 2.75) is 25.4 Å². The predicted octanol–water partition coefficient (Wildman–Crippen LogP) is 3.46.